The van der Waals surface area contributed by atoms with Gasteiger partial charge in [-0.3, -0.25) is 4.79 Å². The minimum Gasteiger partial charge on any atom is -0.477 e. The Kier molecular flexibility index (Phi) is 5.40. The molecule has 2 heterocycles. The number of aromatic carboxylic acids is 1. The van der Waals surface area contributed by atoms with Crippen LogP contribution in [-0.4, -0.2) is 50.3 Å². The van der Waals surface area contributed by atoms with Crippen LogP contribution in [0.2, 0.25) is 5.28 Å². The molecule has 2 N–H and O–H groups in total. The maximum absolute atomic E-state index is 11.6. The third-order valence-corrected chi connectivity index (χ3v) is 3.21. The summed E-state index contributed by atoms with van der Waals surface area (Å²) in [7, 11) is 0. The molecule has 8 nitrogen and oxygen atoms in total. The lowest BCUT2D eigenvalue weighted by Crippen LogP contribution is -2.33. The second-order valence-electron chi connectivity index (χ2n) is 6.17. The second-order valence-corrected chi connectivity index (χ2v) is 6.51. The van der Waals surface area contributed by atoms with Crippen LogP contribution in [0.3, 0.4) is 0 Å². The molecule has 0 aliphatic rings. The smallest absolute Gasteiger partial charge is 0.352 e. The predicted octanol–water partition coefficient (Wildman–Crippen LogP) is 1.71. The highest BCUT2D eigenvalue weighted by Crippen LogP contribution is 2.18. The van der Waals surface area contributed by atoms with Gasteiger partial charge < -0.3 is 19.7 Å². The molecule has 2 aromatic rings. The number of fused-ring (bicyclic) bond motifs is 1. The van der Waals surface area contributed by atoms with Crippen LogP contribution in [-0.2, 0) is 16.1 Å². The molecule has 9 heteroatoms. The van der Waals surface area contributed by atoms with Gasteiger partial charge in [0.2, 0.25) is 5.28 Å². The van der Waals surface area contributed by atoms with E-state index >= 15 is 0 Å². The van der Waals surface area contributed by atoms with Crippen LogP contribution in [0, 0.1) is 0 Å². The topological polar surface area (TPSA) is 106 Å². The molecule has 0 bridgehead atoms. The molecule has 2 aromatic heterocycles. The van der Waals surface area contributed by atoms with Gasteiger partial charge in [-0.1, -0.05) is 0 Å². The number of nitrogens with one attached hydrogen (secondary N) is 1. The van der Waals surface area contributed by atoms with Gasteiger partial charge in [0.1, 0.15) is 16.9 Å². The third kappa shape index (κ3) is 4.65. The van der Waals surface area contributed by atoms with Crippen LogP contribution in [0.1, 0.15) is 31.3 Å². The third-order valence-electron chi connectivity index (χ3n) is 3.03. The first-order valence-corrected chi connectivity index (χ1v) is 7.73. The predicted molar refractivity (Wildman–Crippen MR) is 88.2 cm³/mol. The summed E-state index contributed by atoms with van der Waals surface area (Å²) < 4.78 is 6.70. The number of carbonyl (C=O) groups excluding carboxylic acids is 1. The number of carbonyl (C=O) groups is 2. The molecule has 0 unspecified atom stereocenters. The van der Waals surface area contributed by atoms with Crippen molar-refractivity contribution in [2.75, 3.05) is 13.1 Å². The Labute approximate surface area is 143 Å². The molecule has 0 fully saturated rings. The van der Waals surface area contributed by atoms with Gasteiger partial charge in [0.15, 0.2) is 0 Å². The van der Waals surface area contributed by atoms with Gasteiger partial charge in [0, 0.05) is 24.7 Å². The van der Waals surface area contributed by atoms with E-state index in [1.54, 1.807) is 20.8 Å². The largest absolute Gasteiger partial charge is 0.477 e. The fourth-order valence-corrected chi connectivity index (χ4v) is 2.31. The Bertz CT molecular complexity index is 767. The summed E-state index contributed by atoms with van der Waals surface area (Å²) in [6, 6.07) is 1.49. The van der Waals surface area contributed by atoms with E-state index in [0.717, 1.165) is 0 Å². The molecule has 0 aliphatic heterocycles. The van der Waals surface area contributed by atoms with Crippen molar-refractivity contribution in [3.8, 4) is 0 Å². The van der Waals surface area contributed by atoms with Gasteiger partial charge >= 0.3 is 11.9 Å². The highest BCUT2D eigenvalue weighted by atomic mass is 35.5. The number of hydrogen-bond donors (Lipinski definition) is 2. The lowest BCUT2D eigenvalue weighted by atomic mass is 10.2. The van der Waals surface area contributed by atoms with Crippen molar-refractivity contribution in [1.29, 1.82) is 0 Å². The summed E-state index contributed by atoms with van der Waals surface area (Å²) in [5.74, 6) is -1.44. The van der Waals surface area contributed by atoms with E-state index in [2.05, 4.69) is 15.3 Å². The zero-order chi connectivity index (χ0) is 17.9. The quantitative estimate of drug-likeness (QED) is 0.462. The van der Waals surface area contributed by atoms with E-state index in [0.29, 0.717) is 24.1 Å². The number of ether oxygens (including phenoxy) is 1. The van der Waals surface area contributed by atoms with E-state index in [-0.39, 0.29) is 23.5 Å². The molecule has 0 saturated heterocycles. The maximum Gasteiger partial charge on any atom is 0.352 e. The van der Waals surface area contributed by atoms with E-state index in [1.165, 1.54) is 16.8 Å². The second kappa shape index (κ2) is 7.14. The van der Waals surface area contributed by atoms with Crippen LogP contribution in [0.5, 0.6) is 0 Å². The molecule has 0 saturated carbocycles. The summed E-state index contributed by atoms with van der Waals surface area (Å²) in [4.78, 5) is 30.9. The molecule has 0 amide bonds. The Balaban J connectivity index is 2.04. The maximum atomic E-state index is 11.6. The monoisotopic (exact) mass is 354 g/mol. The van der Waals surface area contributed by atoms with Crippen LogP contribution >= 0.6 is 11.6 Å². The zero-order valence-electron chi connectivity index (χ0n) is 13.7. The molecule has 0 spiro atoms. The summed E-state index contributed by atoms with van der Waals surface area (Å²) in [6.07, 6.45) is 1.47. The van der Waals surface area contributed by atoms with Crippen molar-refractivity contribution in [2.24, 2.45) is 0 Å². The van der Waals surface area contributed by atoms with Crippen molar-refractivity contribution in [1.82, 2.24) is 19.9 Å². The average molecular weight is 355 g/mol. The number of aromatic nitrogens is 3. The number of nitrogens with zero attached hydrogens (tertiary/aromatic N) is 3. The molecular weight excluding hydrogens is 336 g/mol. The minimum absolute atomic E-state index is 0.0363. The summed E-state index contributed by atoms with van der Waals surface area (Å²) in [5, 5.41) is 12.9. The van der Waals surface area contributed by atoms with Crippen LogP contribution in [0.15, 0.2) is 12.3 Å². The number of carboxylic acid groups (broad SMARTS) is 1. The van der Waals surface area contributed by atoms with Crippen LogP contribution < -0.4 is 5.32 Å². The molecule has 0 atom stereocenters. The average Bonchev–Trinajstić information content (AvgIpc) is 2.80. The van der Waals surface area contributed by atoms with Crippen molar-refractivity contribution in [2.45, 2.75) is 32.9 Å². The lowest BCUT2D eigenvalue weighted by molar-refractivity contribution is -0.153. The van der Waals surface area contributed by atoms with E-state index in [9.17, 15) is 14.7 Å². The highest BCUT2D eigenvalue weighted by molar-refractivity contribution is 6.28. The normalized spacial score (nSPS) is 11.7. The number of halogens is 1. The van der Waals surface area contributed by atoms with Gasteiger partial charge in [-0.25, -0.2) is 9.78 Å². The first-order chi connectivity index (χ1) is 11.2. The van der Waals surface area contributed by atoms with Crippen LogP contribution in [0.4, 0.5) is 0 Å². The number of rotatable bonds is 6. The van der Waals surface area contributed by atoms with Gasteiger partial charge in [-0.05, 0) is 38.4 Å². The zero-order valence-corrected chi connectivity index (χ0v) is 14.4. The Morgan fingerprint density at radius 2 is 2.12 bits per heavy atom. The highest BCUT2D eigenvalue weighted by Gasteiger charge is 2.17. The minimum atomic E-state index is -1.07. The Hall–Kier alpha value is -2.19. The summed E-state index contributed by atoms with van der Waals surface area (Å²) in [6.45, 7) is 6.08. The van der Waals surface area contributed by atoms with Gasteiger partial charge in [-0.15, -0.1) is 0 Å². The summed E-state index contributed by atoms with van der Waals surface area (Å²) in [5.41, 5.74) is -0.0217. The molecule has 2 rings (SSSR count). The van der Waals surface area contributed by atoms with E-state index in [4.69, 9.17) is 16.3 Å². The number of carboxylic acids is 1. The van der Waals surface area contributed by atoms with Crippen LogP contribution in [0.25, 0.3) is 11.0 Å². The number of esters is 1. The molecule has 0 aromatic carbocycles. The Morgan fingerprint density at radius 3 is 2.75 bits per heavy atom. The fraction of sp³-hybridized carbons (Fsp3) is 0.467. The molecule has 130 valence electrons. The lowest BCUT2D eigenvalue weighted by Gasteiger charge is -2.19. The molecule has 0 aliphatic carbocycles. The first kappa shape index (κ1) is 18.2. The van der Waals surface area contributed by atoms with Gasteiger partial charge in [0.05, 0.1) is 6.54 Å². The first-order valence-electron chi connectivity index (χ1n) is 7.35. The van der Waals surface area contributed by atoms with Crippen molar-refractivity contribution >= 4 is 34.6 Å². The fourth-order valence-electron chi connectivity index (χ4n) is 2.18. The number of hydrogen-bond acceptors (Lipinski definition) is 6. The summed E-state index contributed by atoms with van der Waals surface area (Å²) >= 11 is 5.78. The SMILES string of the molecule is CC(C)(C)OC(=O)CNCCn1c(C(=O)O)cc2cnc(Cl)nc21. The Morgan fingerprint density at radius 1 is 1.42 bits per heavy atom. The standard InChI is InChI=1S/C15H19ClN4O4/c1-15(2,3)24-11(21)8-17-4-5-20-10(13(22)23)6-9-7-18-14(16)19-12(9)20/h6-7,17H,4-5,8H2,1-3H3,(H,22,23). The van der Waals surface area contributed by atoms with Crippen molar-refractivity contribution < 1.29 is 19.4 Å². The van der Waals surface area contributed by atoms with Crippen molar-refractivity contribution in [3.05, 3.63) is 23.2 Å². The van der Waals surface area contributed by atoms with E-state index < -0.39 is 11.6 Å². The molecular formula is C15H19ClN4O4. The molecule has 24 heavy (non-hydrogen) atoms. The van der Waals surface area contributed by atoms with E-state index in [1.807, 2.05) is 0 Å². The van der Waals surface area contributed by atoms with Crippen molar-refractivity contribution in [3.63, 3.8) is 0 Å². The molecule has 0 radical (unpaired) electrons. The van der Waals surface area contributed by atoms with Gasteiger partial charge in [-0.2, -0.15) is 4.98 Å². The van der Waals surface area contributed by atoms with Gasteiger partial charge in [0.25, 0.3) is 0 Å².